The average Bonchev–Trinajstić information content (AvgIpc) is 2.31. The summed E-state index contributed by atoms with van der Waals surface area (Å²) in [6, 6.07) is 3.17. The van der Waals surface area contributed by atoms with Crippen LogP contribution in [0.15, 0.2) is 23.1 Å². The molecule has 1 saturated heterocycles. The number of rotatable bonds is 5. The molecule has 1 fully saturated rings. The maximum atomic E-state index is 12.1. The Balaban J connectivity index is 2.03. The van der Waals surface area contributed by atoms with Crippen molar-refractivity contribution in [2.45, 2.75) is 26.8 Å². The Morgan fingerprint density at radius 3 is 2.84 bits per heavy atom. The lowest BCUT2D eigenvalue weighted by Gasteiger charge is -2.31. The third kappa shape index (κ3) is 3.23. The lowest BCUT2D eigenvalue weighted by Crippen LogP contribution is -2.48. The van der Waals surface area contributed by atoms with Gasteiger partial charge in [-0.2, -0.15) is 0 Å². The van der Waals surface area contributed by atoms with E-state index in [0.29, 0.717) is 18.2 Å². The summed E-state index contributed by atoms with van der Waals surface area (Å²) in [7, 11) is 0. The van der Waals surface area contributed by atoms with Gasteiger partial charge >= 0.3 is 0 Å². The number of pyridine rings is 1. The Morgan fingerprint density at radius 1 is 1.53 bits per heavy atom. The van der Waals surface area contributed by atoms with Crippen molar-refractivity contribution in [2.24, 2.45) is 11.8 Å². The molecule has 1 atom stereocenters. The van der Waals surface area contributed by atoms with Crippen LogP contribution in [0.25, 0.3) is 0 Å². The Labute approximate surface area is 113 Å². The fourth-order valence-electron chi connectivity index (χ4n) is 2.16. The molecule has 2 rings (SSSR count). The molecular formula is C14H21N3O2. The zero-order chi connectivity index (χ0) is 13.8. The minimum atomic E-state index is -0.0314. The number of hydrogen-bond acceptors (Lipinski definition) is 3. The smallest absolute Gasteiger partial charge is 0.250 e. The number of carbonyl (C=O) groups excluding carboxylic acids is 1. The Bertz CT molecular complexity index is 506. The summed E-state index contributed by atoms with van der Waals surface area (Å²) in [6.45, 7) is 6.45. The molecule has 1 amide bonds. The molecule has 0 aromatic carbocycles. The van der Waals surface area contributed by atoms with Gasteiger partial charge in [0.15, 0.2) is 0 Å². The molecule has 1 aliphatic rings. The molecule has 1 aromatic heterocycles. The van der Waals surface area contributed by atoms with E-state index in [1.807, 2.05) is 13.8 Å². The maximum Gasteiger partial charge on any atom is 0.250 e. The Morgan fingerprint density at radius 2 is 2.26 bits per heavy atom. The molecule has 19 heavy (non-hydrogen) atoms. The van der Waals surface area contributed by atoms with Crippen LogP contribution >= 0.6 is 0 Å². The molecular weight excluding hydrogens is 242 g/mol. The molecule has 104 valence electrons. The summed E-state index contributed by atoms with van der Waals surface area (Å²) in [5.74, 6) is 0.433. The number of amides is 1. The van der Waals surface area contributed by atoms with E-state index in [9.17, 15) is 9.59 Å². The highest BCUT2D eigenvalue weighted by Crippen LogP contribution is 2.17. The predicted octanol–water partition coefficient (Wildman–Crippen LogP) is 1.05. The fourth-order valence-corrected chi connectivity index (χ4v) is 2.16. The van der Waals surface area contributed by atoms with Crippen LogP contribution in [0.4, 0.5) is 5.69 Å². The number of nitrogens with zero attached hydrogens (tertiary/aromatic N) is 1. The molecule has 0 spiro atoms. The van der Waals surface area contributed by atoms with Crippen molar-refractivity contribution < 1.29 is 4.79 Å². The molecule has 1 unspecified atom stereocenters. The lowest BCUT2D eigenvalue weighted by molar-refractivity contribution is -0.121. The zero-order valence-corrected chi connectivity index (χ0v) is 11.5. The molecule has 5 heteroatoms. The van der Waals surface area contributed by atoms with Gasteiger partial charge < -0.3 is 15.2 Å². The maximum absolute atomic E-state index is 12.1. The quantitative estimate of drug-likeness (QED) is 0.834. The number of hydrogen-bond donors (Lipinski definition) is 2. The molecule has 1 aromatic rings. The molecule has 2 N–H and O–H groups in total. The summed E-state index contributed by atoms with van der Waals surface area (Å²) in [4.78, 5) is 23.7. The van der Waals surface area contributed by atoms with Crippen LogP contribution in [0, 0.1) is 11.8 Å². The summed E-state index contributed by atoms with van der Waals surface area (Å²) >= 11 is 0. The topological polar surface area (TPSA) is 63.1 Å². The third-order valence-corrected chi connectivity index (χ3v) is 3.65. The number of carbonyl (C=O) groups is 1. The molecule has 0 radical (unpaired) electrons. The SMILES string of the molecule is CCCn1cc(NC(=O)C(C)C2CNC2)ccc1=O. The Hall–Kier alpha value is -1.62. The van der Waals surface area contributed by atoms with Gasteiger partial charge in [-0.15, -0.1) is 0 Å². The molecule has 0 aliphatic carbocycles. The first kappa shape index (κ1) is 13.8. The van der Waals surface area contributed by atoms with Gasteiger partial charge in [-0.05, 0) is 31.5 Å². The van der Waals surface area contributed by atoms with Crippen LogP contribution in [-0.4, -0.2) is 23.6 Å². The average molecular weight is 263 g/mol. The molecule has 5 nitrogen and oxygen atoms in total. The predicted molar refractivity (Wildman–Crippen MR) is 75.1 cm³/mol. The molecule has 2 heterocycles. The monoisotopic (exact) mass is 263 g/mol. The van der Waals surface area contributed by atoms with Crippen LogP contribution in [0.3, 0.4) is 0 Å². The minimum Gasteiger partial charge on any atom is -0.325 e. The largest absolute Gasteiger partial charge is 0.325 e. The summed E-state index contributed by atoms with van der Waals surface area (Å²) in [5.41, 5.74) is 0.660. The van der Waals surface area contributed by atoms with Gasteiger partial charge in [-0.25, -0.2) is 0 Å². The number of aryl methyl sites for hydroxylation is 1. The number of aromatic nitrogens is 1. The van der Waals surface area contributed by atoms with Crippen molar-refractivity contribution in [1.82, 2.24) is 9.88 Å². The standard InChI is InChI=1S/C14H21N3O2/c1-3-6-17-9-12(4-5-13(17)18)16-14(19)10(2)11-7-15-8-11/h4-5,9-11,15H,3,6-8H2,1-2H3,(H,16,19). The highest BCUT2D eigenvalue weighted by molar-refractivity contribution is 5.92. The van der Waals surface area contributed by atoms with E-state index in [-0.39, 0.29) is 17.4 Å². The van der Waals surface area contributed by atoms with Crippen molar-refractivity contribution in [3.05, 3.63) is 28.7 Å². The molecule has 0 saturated carbocycles. The fraction of sp³-hybridized carbons (Fsp3) is 0.571. The van der Waals surface area contributed by atoms with Crippen molar-refractivity contribution in [1.29, 1.82) is 0 Å². The first-order valence-electron chi connectivity index (χ1n) is 6.84. The highest BCUT2D eigenvalue weighted by Gasteiger charge is 2.28. The van der Waals surface area contributed by atoms with Crippen molar-refractivity contribution >= 4 is 11.6 Å². The van der Waals surface area contributed by atoms with E-state index < -0.39 is 0 Å². The normalized spacial score (nSPS) is 16.7. The summed E-state index contributed by atoms with van der Waals surface area (Å²) in [6.07, 6.45) is 2.61. The van der Waals surface area contributed by atoms with Gasteiger partial charge in [-0.1, -0.05) is 13.8 Å². The number of nitrogens with one attached hydrogen (secondary N) is 2. The van der Waals surface area contributed by atoms with Crippen molar-refractivity contribution in [3.8, 4) is 0 Å². The molecule has 1 aliphatic heterocycles. The Kier molecular flexibility index (Phi) is 4.37. The van der Waals surface area contributed by atoms with E-state index in [4.69, 9.17) is 0 Å². The van der Waals surface area contributed by atoms with E-state index in [1.54, 1.807) is 16.8 Å². The molecule has 0 bridgehead atoms. The van der Waals surface area contributed by atoms with E-state index in [2.05, 4.69) is 10.6 Å². The summed E-state index contributed by atoms with van der Waals surface area (Å²) in [5, 5.41) is 6.06. The lowest BCUT2D eigenvalue weighted by atomic mass is 9.88. The first-order valence-corrected chi connectivity index (χ1v) is 6.84. The summed E-state index contributed by atoms with van der Waals surface area (Å²) < 4.78 is 1.63. The van der Waals surface area contributed by atoms with E-state index >= 15 is 0 Å². The van der Waals surface area contributed by atoms with E-state index in [0.717, 1.165) is 19.5 Å². The van der Waals surface area contributed by atoms with Gasteiger partial charge in [-0.3, -0.25) is 9.59 Å². The van der Waals surface area contributed by atoms with Gasteiger partial charge in [0.1, 0.15) is 0 Å². The zero-order valence-electron chi connectivity index (χ0n) is 11.5. The van der Waals surface area contributed by atoms with Crippen LogP contribution < -0.4 is 16.2 Å². The van der Waals surface area contributed by atoms with Crippen LogP contribution in [0.1, 0.15) is 20.3 Å². The van der Waals surface area contributed by atoms with Crippen LogP contribution in [0.5, 0.6) is 0 Å². The van der Waals surface area contributed by atoms with E-state index in [1.165, 1.54) is 6.07 Å². The second-order valence-electron chi connectivity index (χ2n) is 5.15. The highest BCUT2D eigenvalue weighted by atomic mass is 16.2. The second kappa shape index (κ2) is 6.02. The van der Waals surface area contributed by atoms with Gasteiger partial charge in [0.25, 0.3) is 5.56 Å². The third-order valence-electron chi connectivity index (χ3n) is 3.65. The van der Waals surface area contributed by atoms with Crippen molar-refractivity contribution in [3.63, 3.8) is 0 Å². The van der Waals surface area contributed by atoms with Crippen LogP contribution in [0.2, 0.25) is 0 Å². The number of anilines is 1. The van der Waals surface area contributed by atoms with Crippen molar-refractivity contribution in [2.75, 3.05) is 18.4 Å². The second-order valence-corrected chi connectivity index (χ2v) is 5.15. The van der Waals surface area contributed by atoms with Gasteiger partial charge in [0.2, 0.25) is 5.91 Å². The minimum absolute atomic E-state index is 0.00666. The first-order chi connectivity index (χ1) is 9.11. The van der Waals surface area contributed by atoms with Crippen LogP contribution in [-0.2, 0) is 11.3 Å². The van der Waals surface area contributed by atoms with Gasteiger partial charge in [0.05, 0.1) is 5.69 Å². The van der Waals surface area contributed by atoms with Gasteiger partial charge in [0, 0.05) is 24.7 Å².